The van der Waals surface area contributed by atoms with Crippen molar-refractivity contribution >= 4 is 5.84 Å². The molecule has 1 atom stereocenters. The lowest BCUT2D eigenvalue weighted by atomic mass is 9.89. The van der Waals surface area contributed by atoms with Crippen LogP contribution in [-0.4, -0.2) is 17.9 Å². The zero-order valence-corrected chi connectivity index (χ0v) is 10.3. The Hall–Kier alpha value is -0.530. The zero-order valence-electron chi connectivity index (χ0n) is 10.3. The molecule has 2 aliphatic rings. The Balaban J connectivity index is 2.05. The van der Waals surface area contributed by atoms with Gasteiger partial charge in [0, 0.05) is 11.5 Å². The summed E-state index contributed by atoms with van der Waals surface area (Å²) in [5, 5.41) is 3.54. The third kappa shape index (κ3) is 2.53. The summed E-state index contributed by atoms with van der Waals surface area (Å²) in [4.78, 5) is 4.94. The molecule has 2 nitrogen and oxygen atoms in total. The van der Waals surface area contributed by atoms with Gasteiger partial charge in [-0.3, -0.25) is 4.99 Å². The van der Waals surface area contributed by atoms with Crippen molar-refractivity contribution in [2.45, 2.75) is 71.4 Å². The summed E-state index contributed by atoms with van der Waals surface area (Å²) in [5.74, 6) is 1.27. The number of rotatable bonds is 1. The quantitative estimate of drug-likeness (QED) is 0.703. The molecular weight excluding hydrogens is 184 g/mol. The summed E-state index contributed by atoms with van der Waals surface area (Å²) in [5.41, 5.74) is 0.275. The van der Waals surface area contributed by atoms with Gasteiger partial charge in [0.05, 0.1) is 6.04 Å². The molecule has 0 aromatic carbocycles. The van der Waals surface area contributed by atoms with Gasteiger partial charge in [0.2, 0.25) is 0 Å². The Morgan fingerprint density at radius 3 is 2.40 bits per heavy atom. The van der Waals surface area contributed by atoms with Gasteiger partial charge in [-0.1, -0.05) is 33.1 Å². The molecule has 0 spiro atoms. The highest BCUT2D eigenvalue weighted by Gasteiger charge is 2.35. The van der Waals surface area contributed by atoms with Crippen LogP contribution < -0.4 is 5.32 Å². The van der Waals surface area contributed by atoms with Crippen LogP contribution in [0.5, 0.6) is 0 Å². The van der Waals surface area contributed by atoms with Crippen LogP contribution in [0.25, 0.3) is 0 Å². The Bertz CT molecular complexity index is 249. The molecule has 1 aliphatic carbocycles. The van der Waals surface area contributed by atoms with Gasteiger partial charge in [0.25, 0.3) is 0 Å². The van der Waals surface area contributed by atoms with Crippen LogP contribution in [0.2, 0.25) is 0 Å². The molecule has 2 rings (SSSR count). The van der Waals surface area contributed by atoms with Crippen molar-refractivity contribution < 1.29 is 0 Å². The molecule has 86 valence electrons. The third-order valence-corrected chi connectivity index (χ3v) is 3.73. The Morgan fingerprint density at radius 1 is 1.20 bits per heavy atom. The van der Waals surface area contributed by atoms with Gasteiger partial charge in [-0.25, -0.2) is 0 Å². The van der Waals surface area contributed by atoms with E-state index in [-0.39, 0.29) is 5.41 Å². The molecule has 1 aliphatic heterocycles. The highest BCUT2D eigenvalue weighted by atomic mass is 15.1. The summed E-state index contributed by atoms with van der Waals surface area (Å²) in [6, 6.07) is 1.20. The van der Waals surface area contributed by atoms with Crippen LogP contribution >= 0.6 is 0 Å². The van der Waals surface area contributed by atoms with E-state index in [4.69, 9.17) is 4.99 Å². The average Bonchev–Trinajstić information content (AvgIpc) is 2.41. The molecule has 15 heavy (non-hydrogen) atoms. The van der Waals surface area contributed by atoms with Crippen molar-refractivity contribution in [3.8, 4) is 0 Å². The lowest BCUT2D eigenvalue weighted by Gasteiger charge is -2.22. The Labute approximate surface area is 93.6 Å². The van der Waals surface area contributed by atoms with Crippen LogP contribution in [-0.2, 0) is 0 Å². The van der Waals surface area contributed by atoms with Crippen molar-refractivity contribution in [3.05, 3.63) is 0 Å². The summed E-state index contributed by atoms with van der Waals surface area (Å²) in [6.45, 7) is 6.88. The SMILES string of the molecule is CC1CC(C)(C)C(=NC2CCCCC2)N1. The van der Waals surface area contributed by atoms with E-state index in [1.54, 1.807) is 0 Å². The Kier molecular flexibility index (Phi) is 3.03. The second-order valence-electron chi connectivity index (χ2n) is 5.90. The van der Waals surface area contributed by atoms with Gasteiger partial charge in [-0.15, -0.1) is 0 Å². The van der Waals surface area contributed by atoms with Crippen molar-refractivity contribution in [3.63, 3.8) is 0 Å². The maximum atomic E-state index is 4.94. The molecule has 0 aromatic rings. The summed E-state index contributed by atoms with van der Waals surface area (Å²) in [6.07, 6.45) is 7.98. The molecule has 0 bridgehead atoms. The number of nitrogens with zero attached hydrogens (tertiary/aromatic N) is 1. The van der Waals surface area contributed by atoms with E-state index in [0.717, 1.165) is 0 Å². The number of amidine groups is 1. The third-order valence-electron chi connectivity index (χ3n) is 3.73. The van der Waals surface area contributed by atoms with Crippen molar-refractivity contribution in [1.82, 2.24) is 5.32 Å². The molecule has 2 heteroatoms. The van der Waals surface area contributed by atoms with E-state index >= 15 is 0 Å². The van der Waals surface area contributed by atoms with Crippen molar-refractivity contribution in [2.24, 2.45) is 10.4 Å². The number of hydrogen-bond acceptors (Lipinski definition) is 1. The maximum Gasteiger partial charge on any atom is 0.103 e. The van der Waals surface area contributed by atoms with Gasteiger partial charge in [-0.05, 0) is 26.2 Å². The smallest absolute Gasteiger partial charge is 0.103 e. The molecule has 1 saturated carbocycles. The molecule has 1 N–H and O–H groups in total. The molecular formula is C13H24N2. The number of hydrogen-bond donors (Lipinski definition) is 1. The van der Waals surface area contributed by atoms with E-state index in [2.05, 4.69) is 26.1 Å². The average molecular weight is 208 g/mol. The first-order valence-electron chi connectivity index (χ1n) is 6.43. The normalized spacial score (nSPS) is 34.3. The number of nitrogens with one attached hydrogen (secondary N) is 1. The van der Waals surface area contributed by atoms with Crippen LogP contribution in [0.3, 0.4) is 0 Å². The largest absolute Gasteiger partial charge is 0.371 e. The molecule has 1 saturated heterocycles. The predicted octanol–water partition coefficient (Wildman–Crippen LogP) is 3.13. The minimum atomic E-state index is 0.275. The standard InChI is InChI=1S/C13H24N2/c1-10-9-13(2,3)12(14-10)15-11-7-5-4-6-8-11/h10-11H,4-9H2,1-3H3,(H,14,15). The van der Waals surface area contributed by atoms with E-state index in [0.29, 0.717) is 12.1 Å². The topological polar surface area (TPSA) is 24.4 Å². The first-order chi connectivity index (χ1) is 7.08. The molecule has 1 heterocycles. The van der Waals surface area contributed by atoms with Gasteiger partial charge in [0.1, 0.15) is 5.84 Å². The fourth-order valence-corrected chi connectivity index (χ4v) is 2.95. The molecule has 0 radical (unpaired) electrons. The monoisotopic (exact) mass is 208 g/mol. The summed E-state index contributed by atoms with van der Waals surface area (Å²) in [7, 11) is 0. The fourth-order valence-electron chi connectivity index (χ4n) is 2.95. The van der Waals surface area contributed by atoms with Crippen LogP contribution in [0.15, 0.2) is 4.99 Å². The first-order valence-corrected chi connectivity index (χ1v) is 6.43. The lowest BCUT2D eigenvalue weighted by molar-refractivity contribution is 0.435. The summed E-state index contributed by atoms with van der Waals surface area (Å²) >= 11 is 0. The highest BCUT2D eigenvalue weighted by molar-refractivity contribution is 5.89. The van der Waals surface area contributed by atoms with E-state index in [9.17, 15) is 0 Å². The second kappa shape index (κ2) is 4.15. The van der Waals surface area contributed by atoms with Crippen LogP contribution in [0.1, 0.15) is 59.3 Å². The van der Waals surface area contributed by atoms with Crippen LogP contribution in [0, 0.1) is 5.41 Å². The zero-order chi connectivity index (χ0) is 10.9. The van der Waals surface area contributed by atoms with E-state index < -0.39 is 0 Å². The molecule has 0 amide bonds. The maximum absolute atomic E-state index is 4.94. The predicted molar refractivity (Wildman–Crippen MR) is 65.3 cm³/mol. The summed E-state index contributed by atoms with van der Waals surface area (Å²) < 4.78 is 0. The highest BCUT2D eigenvalue weighted by Crippen LogP contribution is 2.31. The first kappa shape index (κ1) is 11.0. The molecule has 1 unspecified atom stereocenters. The lowest BCUT2D eigenvalue weighted by Crippen LogP contribution is -2.30. The minimum Gasteiger partial charge on any atom is -0.371 e. The van der Waals surface area contributed by atoms with Crippen molar-refractivity contribution in [2.75, 3.05) is 0 Å². The van der Waals surface area contributed by atoms with Gasteiger partial charge in [-0.2, -0.15) is 0 Å². The van der Waals surface area contributed by atoms with E-state index in [1.165, 1.54) is 44.4 Å². The molecule has 0 aromatic heterocycles. The van der Waals surface area contributed by atoms with Gasteiger partial charge >= 0.3 is 0 Å². The number of aliphatic imine (C=N–C) groups is 1. The van der Waals surface area contributed by atoms with Gasteiger partial charge in [0.15, 0.2) is 0 Å². The second-order valence-corrected chi connectivity index (χ2v) is 5.90. The molecule has 2 fully saturated rings. The van der Waals surface area contributed by atoms with Crippen LogP contribution in [0.4, 0.5) is 0 Å². The minimum absolute atomic E-state index is 0.275. The fraction of sp³-hybridized carbons (Fsp3) is 0.923. The Morgan fingerprint density at radius 2 is 1.87 bits per heavy atom. The van der Waals surface area contributed by atoms with Crippen molar-refractivity contribution in [1.29, 1.82) is 0 Å². The van der Waals surface area contributed by atoms with E-state index in [1.807, 2.05) is 0 Å². The van der Waals surface area contributed by atoms with Gasteiger partial charge < -0.3 is 5.32 Å².